The van der Waals surface area contributed by atoms with Crippen LogP contribution in [0.4, 0.5) is 38.0 Å². The first-order valence-electron chi connectivity index (χ1n) is 26.3. The van der Waals surface area contributed by atoms with Crippen LogP contribution >= 0.6 is 11.8 Å². The Balaban J connectivity index is 0.00000338. The number of para-hydroxylation sites is 1. The quantitative estimate of drug-likeness (QED) is 0.0258. The summed E-state index contributed by atoms with van der Waals surface area (Å²) in [7, 11) is 2.74. The Labute approximate surface area is 491 Å². The average Bonchev–Trinajstić information content (AvgIpc) is 3.89. The minimum absolute atomic E-state index is 0.00393. The Morgan fingerprint density at radius 3 is 1.81 bits per heavy atom. The van der Waals surface area contributed by atoms with Crippen LogP contribution in [0.25, 0.3) is 6.08 Å². The molecule has 0 unspecified atom stereocenters. The number of carbonyl (C=O) groups excluding carboxylic acids is 7. The number of hydrogen-bond acceptors (Lipinski definition) is 18. The van der Waals surface area contributed by atoms with Gasteiger partial charge in [-0.25, -0.2) is 19.4 Å². The number of likely N-dealkylation sites (N-methyl/N-ethyl adjacent to an activating group) is 2. The van der Waals surface area contributed by atoms with Crippen LogP contribution < -0.4 is 47.3 Å². The lowest BCUT2D eigenvalue weighted by atomic mass is 10.1. The van der Waals surface area contributed by atoms with Crippen molar-refractivity contribution >= 4 is 111 Å². The number of anilines is 4. The SMILES string of the molecule is CCOC(=O)C1=C(O)/C(=C/c2ccc(OCCNC(=O)CN(C)C(=O)CN(C)C(=O)CNC(=O)c3cc(NC(=O)Nc4ccc(C5=NCCN5)cc4)cc(NC(=O)Nc4ccc(C5=NCCN5)cc4)c3)c(O)c2)SC1=Nc1ccccc1.O=CO. The molecule has 442 valence electrons. The number of esters is 1. The van der Waals surface area contributed by atoms with Crippen molar-refractivity contribution in [1.82, 2.24) is 31.1 Å². The number of aliphatic hydroxyl groups excluding tert-OH is 1. The van der Waals surface area contributed by atoms with Crippen LogP contribution in [-0.2, 0) is 28.7 Å². The normalized spacial score (nSPS) is 14.0. The van der Waals surface area contributed by atoms with Gasteiger partial charge in [0.15, 0.2) is 11.5 Å². The van der Waals surface area contributed by atoms with E-state index < -0.39 is 54.7 Å². The molecule has 0 atom stereocenters. The second-order valence-electron chi connectivity index (χ2n) is 18.4. The Bertz CT molecular complexity index is 3360. The number of thioether (sulfide) groups is 1. The number of hydrogen-bond donors (Lipinski definition) is 11. The van der Waals surface area contributed by atoms with E-state index in [2.05, 4.69) is 57.5 Å². The number of amidine groups is 2. The number of carbonyl (C=O) groups is 8. The third-order valence-electron chi connectivity index (χ3n) is 12.2. The number of aliphatic imine (C=N–C) groups is 3. The number of rotatable bonds is 21. The number of carboxylic acid groups (broad SMARTS) is 1. The lowest BCUT2D eigenvalue weighted by Crippen LogP contribution is -2.46. The first-order valence-corrected chi connectivity index (χ1v) is 27.1. The number of ether oxygens (including phenoxy) is 2. The van der Waals surface area contributed by atoms with Gasteiger partial charge in [-0.1, -0.05) is 36.0 Å². The summed E-state index contributed by atoms with van der Waals surface area (Å²) in [5, 5.41) is 51.3. The first kappa shape index (κ1) is 61.9. The Hall–Kier alpha value is -10.7. The van der Waals surface area contributed by atoms with Gasteiger partial charge < -0.3 is 77.1 Å². The zero-order valence-electron chi connectivity index (χ0n) is 46.3. The van der Waals surface area contributed by atoms with Crippen molar-refractivity contribution < 1.29 is 63.1 Å². The highest BCUT2D eigenvalue weighted by molar-refractivity contribution is 8.18. The number of urea groups is 2. The molecule has 5 aromatic rings. The summed E-state index contributed by atoms with van der Waals surface area (Å²) in [6.45, 7) is 2.95. The molecule has 3 heterocycles. The molecule has 3 aliphatic heterocycles. The Kier molecular flexibility index (Phi) is 22.1. The standard InChI is InChI=1S/C57H59N13O11S.CH2O2/c1-4-80-55(77)49-50(75)45(82-54(49)64-38-8-6-5-7-9-38)27-34-10-19-44(43(71)26-34)81-25-24-58-46(72)32-69(2)48(74)33-70(3)47(73)31-63-53(76)37-28-41(67-56(78)65-39-15-11-35(12-16-39)51-59-20-21-60-51)30-42(29-37)68-57(79)66-40-17-13-36(14-18-40)52-61-22-23-62-52;2-1-3/h5-19,26-30,71,75H,4,20-25,31-33H2,1-3H3,(H,58,72)(H,59,60)(H,61,62)(H,63,76)(H2,65,67,78)(H2,66,68,79);1H,(H,2,3)/b45-27-,64-54?;. The summed E-state index contributed by atoms with van der Waals surface area (Å²) in [6, 6.07) is 30.4. The number of benzene rings is 5. The molecule has 5 aromatic carbocycles. The van der Waals surface area contributed by atoms with E-state index >= 15 is 0 Å². The molecule has 27 heteroatoms. The van der Waals surface area contributed by atoms with Gasteiger partial charge in [0.05, 0.1) is 56.5 Å². The van der Waals surface area contributed by atoms with E-state index in [0.29, 0.717) is 40.6 Å². The van der Waals surface area contributed by atoms with E-state index in [1.165, 1.54) is 44.4 Å². The number of nitrogens with zero attached hydrogens (tertiary/aromatic N) is 5. The van der Waals surface area contributed by atoms with Gasteiger partial charge >= 0.3 is 18.0 Å². The molecule has 11 N–H and O–H groups in total. The third kappa shape index (κ3) is 18.1. The zero-order chi connectivity index (χ0) is 60.8. The van der Waals surface area contributed by atoms with Crippen LogP contribution in [0.3, 0.4) is 0 Å². The van der Waals surface area contributed by atoms with Gasteiger partial charge in [0.25, 0.3) is 12.4 Å². The molecule has 0 fully saturated rings. The summed E-state index contributed by atoms with van der Waals surface area (Å²) in [6.07, 6.45) is 1.57. The van der Waals surface area contributed by atoms with Gasteiger partial charge in [-0.05, 0) is 110 Å². The largest absolute Gasteiger partial charge is 0.506 e. The average molecular weight is 1180 g/mol. The van der Waals surface area contributed by atoms with E-state index in [9.17, 15) is 43.8 Å². The minimum Gasteiger partial charge on any atom is -0.506 e. The van der Waals surface area contributed by atoms with Crippen LogP contribution in [0.2, 0.25) is 0 Å². The van der Waals surface area contributed by atoms with Crippen molar-refractivity contribution in [3.8, 4) is 11.5 Å². The summed E-state index contributed by atoms with van der Waals surface area (Å²) in [4.78, 5) is 116. The van der Waals surface area contributed by atoms with Gasteiger partial charge in [0, 0.05) is 66.6 Å². The van der Waals surface area contributed by atoms with Crippen LogP contribution in [0.15, 0.2) is 146 Å². The third-order valence-corrected chi connectivity index (χ3v) is 13.2. The number of phenolic OH excluding ortho intramolecular Hbond substituents is 1. The summed E-state index contributed by atoms with van der Waals surface area (Å²) in [5.41, 5.74) is 3.87. The zero-order valence-corrected chi connectivity index (χ0v) is 47.1. The predicted octanol–water partition coefficient (Wildman–Crippen LogP) is 5.12. The number of aromatic hydroxyl groups is 1. The lowest BCUT2D eigenvalue weighted by Gasteiger charge is -2.22. The highest BCUT2D eigenvalue weighted by Crippen LogP contribution is 2.41. The highest BCUT2D eigenvalue weighted by atomic mass is 32.2. The van der Waals surface area contributed by atoms with Gasteiger partial charge in [-0.2, -0.15) is 0 Å². The molecule has 3 aliphatic rings. The summed E-state index contributed by atoms with van der Waals surface area (Å²) < 4.78 is 10.8. The maximum atomic E-state index is 13.6. The minimum atomic E-state index is -0.741. The Morgan fingerprint density at radius 2 is 1.27 bits per heavy atom. The highest BCUT2D eigenvalue weighted by Gasteiger charge is 2.33. The van der Waals surface area contributed by atoms with Crippen molar-refractivity contribution in [1.29, 1.82) is 0 Å². The van der Waals surface area contributed by atoms with Crippen molar-refractivity contribution in [2.24, 2.45) is 15.0 Å². The van der Waals surface area contributed by atoms with Crippen LogP contribution in [-0.4, -0.2) is 170 Å². The molecule has 8 amide bonds. The maximum absolute atomic E-state index is 13.6. The van der Waals surface area contributed by atoms with E-state index in [-0.39, 0.29) is 77.6 Å². The first-order chi connectivity index (χ1) is 41.0. The molecule has 0 aliphatic carbocycles. The fourth-order valence-corrected chi connectivity index (χ4v) is 9.16. The second kappa shape index (κ2) is 30.4. The second-order valence-corrected chi connectivity index (χ2v) is 19.5. The maximum Gasteiger partial charge on any atom is 0.344 e. The number of aliphatic hydroxyl groups is 1. The monoisotopic (exact) mass is 1180 g/mol. The molecular weight excluding hydrogens is 1120 g/mol. The molecule has 85 heavy (non-hydrogen) atoms. The van der Waals surface area contributed by atoms with Crippen LogP contribution in [0.1, 0.15) is 34.0 Å². The van der Waals surface area contributed by atoms with E-state index in [1.54, 1.807) is 67.6 Å². The topological polar surface area (TPSA) is 356 Å². The molecular formula is C58H61N13O13S. The van der Waals surface area contributed by atoms with Crippen molar-refractivity contribution in [2.45, 2.75) is 6.92 Å². The lowest BCUT2D eigenvalue weighted by molar-refractivity contribution is -0.139. The fraction of sp³-hybridized carbons (Fsp3) is 0.224. The fourth-order valence-electron chi connectivity index (χ4n) is 8.12. The van der Waals surface area contributed by atoms with Gasteiger partial charge in [0.2, 0.25) is 17.7 Å². The summed E-state index contributed by atoms with van der Waals surface area (Å²) >= 11 is 1.07. The van der Waals surface area contributed by atoms with E-state index in [1.807, 2.05) is 30.3 Å². The number of amides is 8. The molecule has 0 aromatic heterocycles. The summed E-state index contributed by atoms with van der Waals surface area (Å²) in [5.74, 6) is -2.13. The molecule has 8 rings (SSSR count). The van der Waals surface area contributed by atoms with Crippen LogP contribution in [0.5, 0.6) is 11.5 Å². The molecule has 0 spiro atoms. The van der Waals surface area contributed by atoms with E-state index in [0.717, 1.165) is 57.4 Å². The number of nitrogens with one attached hydrogen (secondary N) is 8. The van der Waals surface area contributed by atoms with Crippen LogP contribution in [0, 0.1) is 0 Å². The Morgan fingerprint density at radius 1 is 0.706 bits per heavy atom. The van der Waals surface area contributed by atoms with Gasteiger partial charge in [-0.3, -0.25) is 34.0 Å². The predicted molar refractivity (Wildman–Crippen MR) is 322 cm³/mol. The number of phenols is 1. The molecule has 0 saturated carbocycles. The molecule has 0 saturated heterocycles. The van der Waals surface area contributed by atoms with Crippen molar-refractivity contribution in [3.63, 3.8) is 0 Å². The van der Waals surface area contributed by atoms with Gasteiger partial charge in [0.1, 0.15) is 34.7 Å². The van der Waals surface area contributed by atoms with Gasteiger partial charge in [-0.15, -0.1) is 0 Å². The molecule has 26 nitrogen and oxygen atoms in total. The van der Waals surface area contributed by atoms with E-state index in [4.69, 9.17) is 19.4 Å². The van der Waals surface area contributed by atoms with Crippen molar-refractivity contribution in [2.75, 3.05) is 101 Å². The molecule has 0 bridgehead atoms. The molecule has 0 radical (unpaired) electrons. The van der Waals surface area contributed by atoms with Crippen molar-refractivity contribution in [3.05, 3.63) is 154 Å². The smallest absolute Gasteiger partial charge is 0.344 e.